The highest BCUT2D eigenvalue weighted by molar-refractivity contribution is 6.35. The van der Waals surface area contributed by atoms with Crippen molar-refractivity contribution < 1.29 is 13.9 Å². The number of halogens is 2. The van der Waals surface area contributed by atoms with Gasteiger partial charge in [0.05, 0.1) is 10.7 Å². The van der Waals surface area contributed by atoms with Crippen molar-refractivity contribution in [1.29, 1.82) is 0 Å². The molecule has 26 heavy (non-hydrogen) atoms. The third kappa shape index (κ3) is 3.68. The maximum Gasteiger partial charge on any atom is 0.358 e. The number of ether oxygens (including phenoxy) is 1. The summed E-state index contributed by atoms with van der Waals surface area (Å²) in [5.74, 6) is -1.53. The predicted molar refractivity (Wildman–Crippen MR) is 99.4 cm³/mol. The van der Waals surface area contributed by atoms with Crippen LogP contribution in [0.2, 0.25) is 5.02 Å². The van der Waals surface area contributed by atoms with E-state index >= 15 is 0 Å². The third-order valence-electron chi connectivity index (χ3n) is 3.84. The molecule has 132 valence electrons. The number of aromatic nitrogens is 1. The van der Waals surface area contributed by atoms with Gasteiger partial charge in [0.2, 0.25) is 0 Å². The minimum atomic E-state index is -0.765. The summed E-state index contributed by atoms with van der Waals surface area (Å²) in [6.45, 7) is 1.96. The molecule has 3 rings (SSSR count). The molecule has 2 N–H and O–H groups in total. The Bertz CT molecular complexity index is 944. The van der Waals surface area contributed by atoms with Crippen molar-refractivity contribution in [2.45, 2.75) is 13.5 Å². The normalized spacial score (nSPS) is 10.6. The molecule has 0 saturated carbocycles. The van der Waals surface area contributed by atoms with E-state index in [0.717, 1.165) is 11.1 Å². The van der Waals surface area contributed by atoms with E-state index in [0.29, 0.717) is 5.56 Å². The van der Waals surface area contributed by atoms with Gasteiger partial charge in [0.25, 0.3) is 0 Å². The lowest BCUT2D eigenvalue weighted by molar-refractivity contribution is 0.0466. The fraction of sp³-hybridized carbons (Fsp3) is 0.100. The maximum atomic E-state index is 14.5. The van der Waals surface area contributed by atoms with E-state index in [1.165, 1.54) is 0 Å². The number of pyridine rings is 1. The van der Waals surface area contributed by atoms with Gasteiger partial charge in [0.15, 0.2) is 11.5 Å². The van der Waals surface area contributed by atoms with Gasteiger partial charge in [0.1, 0.15) is 12.3 Å². The van der Waals surface area contributed by atoms with Crippen LogP contribution in [-0.2, 0) is 11.3 Å². The van der Waals surface area contributed by atoms with E-state index in [1.807, 2.05) is 49.4 Å². The van der Waals surface area contributed by atoms with Crippen LogP contribution in [0, 0.1) is 12.7 Å². The summed E-state index contributed by atoms with van der Waals surface area (Å²) in [6.07, 6.45) is 0. The number of benzene rings is 2. The molecular weight excluding hydrogens is 355 g/mol. The molecule has 0 aliphatic rings. The van der Waals surface area contributed by atoms with Crippen LogP contribution in [0.4, 0.5) is 10.1 Å². The number of carbonyl (C=O) groups is 1. The Hall–Kier alpha value is -2.92. The minimum Gasteiger partial charge on any atom is -0.456 e. The second-order valence-corrected chi connectivity index (χ2v) is 6.16. The standard InChI is InChI=1S/C20H16ClFN2O2/c1-12-7-9-14(10-8-12)18-16(22)17(23)15(21)19(24-18)20(25)26-11-13-5-3-2-4-6-13/h2-10H,11H2,1H3,(H2,23,24). The summed E-state index contributed by atoms with van der Waals surface area (Å²) in [4.78, 5) is 16.5. The number of rotatable bonds is 4. The third-order valence-corrected chi connectivity index (χ3v) is 4.23. The van der Waals surface area contributed by atoms with E-state index in [4.69, 9.17) is 22.1 Å². The molecular formula is C20H16ClFN2O2. The van der Waals surface area contributed by atoms with Gasteiger partial charge < -0.3 is 10.5 Å². The number of nitrogens with two attached hydrogens (primary N) is 1. The highest BCUT2D eigenvalue weighted by atomic mass is 35.5. The molecule has 0 spiro atoms. The van der Waals surface area contributed by atoms with Gasteiger partial charge in [-0.1, -0.05) is 71.8 Å². The smallest absolute Gasteiger partial charge is 0.358 e. The molecule has 6 heteroatoms. The summed E-state index contributed by atoms with van der Waals surface area (Å²) in [7, 11) is 0. The van der Waals surface area contributed by atoms with Crippen molar-refractivity contribution in [2.75, 3.05) is 5.73 Å². The zero-order valence-corrected chi connectivity index (χ0v) is 14.8. The van der Waals surface area contributed by atoms with Gasteiger partial charge in [-0.15, -0.1) is 0 Å². The Morgan fingerprint density at radius 1 is 1.15 bits per heavy atom. The first-order chi connectivity index (χ1) is 12.5. The van der Waals surface area contributed by atoms with Gasteiger partial charge in [-0.3, -0.25) is 0 Å². The second kappa shape index (κ2) is 7.54. The van der Waals surface area contributed by atoms with Crippen molar-refractivity contribution in [3.8, 4) is 11.3 Å². The SMILES string of the molecule is Cc1ccc(-c2nc(C(=O)OCc3ccccc3)c(Cl)c(N)c2F)cc1. The van der Waals surface area contributed by atoms with E-state index in [9.17, 15) is 9.18 Å². The van der Waals surface area contributed by atoms with Gasteiger partial charge in [-0.05, 0) is 12.5 Å². The number of esters is 1. The molecule has 1 heterocycles. The molecule has 0 aliphatic heterocycles. The summed E-state index contributed by atoms with van der Waals surface area (Å²) in [5, 5.41) is -0.253. The molecule has 4 nitrogen and oxygen atoms in total. The van der Waals surface area contributed by atoms with E-state index in [1.54, 1.807) is 12.1 Å². The lowest BCUT2D eigenvalue weighted by atomic mass is 10.1. The summed E-state index contributed by atoms with van der Waals surface area (Å²) in [6, 6.07) is 16.2. The van der Waals surface area contributed by atoms with Crippen molar-refractivity contribution in [2.24, 2.45) is 0 Å². The minimum absolute atomic E-state index is 0.0430. The molecule has 0 radical (unpaired) electrons. The van der Waals surface area contributed by atoms with Crippen LogP contribution in [0.3, 0.4) is 0 Å². The first kappa shape index (κ1) is 17.9. The van der Waals surface area contributed by atoms with Crippen molar-refractivity contribution in [3.05, 3.63) is 82.3 Å². The fourth-order valence-electron chi connectivity index (χ4n) is 2.39. The average Bonchev–Trinajstić information content (AvgIpc) is 2.66. The van der Waals surface area contributed by atoms with Crippen LogP contribution in [0.15, 0.2) is 54.6 Å². The quantitative estimate of drug-likeness (QED) is 0.670. The number of nitrogen functional groups attached to an aromatic ring is 1. The van der Waals surface area contributed by atoms with Gasteiger partial charge in [0, 0.05) is 5.56 Å². The zero-order valence-electron chi connectivity index (χ0n) is 14.0. The first-order valence-electron chi connectivity index (χ1n) is 7.90. The number of hydrogen-bond donors (Lipinski definition) is 1. The number of hydrogen-bond acceptors (Lipinski definition) is 4. The second-order valence-electron chi connectivity index (χ2n) is 5.78. The first-order valence-corrected chi connectivity index (χ1v) is 8.27. The monoisotopic (exact) mass is 370 g/mol. The summed E-state index contributed by atoms with van der Waals surface area (Å²) < 4.78 is 19.8. The number of aryl methyl sites for hydroxylation is 1. The Morgan fingerprint density at radius 2 is 1.81 bits per heavy atom. The van der Waals surface area contributed by atoms with Gasteiger partial charge in [-0.2, -0.15) is 0 Å². The van der Waals surface area contributed by atoms with E-state index in [2.05, 4.69) is 4.98 Å². The lowest BCUT2D eigenvalue weighted by Gasteiger charge is -2.12. The number of anilines is 1. The molecule has 1 aromatic heterocycles. The van der Waals surface area contributed by atoms with E-state index < -0.39 is 11.8 Å². The van der Waals surface area contributed by atoms with Crippen molar-refractivity contribution in [1.82, 2.24) is 4.98 Å². The van der Waals surface area contributed by atoms with Crippen LogP contribution >= 0.6 is 11.6 Å². The van der Waals surface area contributed by atoms with E-state index in [-0.39, 0.29) is 28.7 Å². The Morgan fingerprint density at radius 3 is 2.46 bits per heavy atom. The largest absolute Gasteiger partial charge is 0.456 e. The fourth-order valence-corrected chi connectivity index (χ4v) is 2.59. The molecule has 2 aromatic carbocycles. The Balaban J connectivity index is 1.93. The average molecular weight is 371 g/mol. The number of carbonyl (C=O) groups excluding carboxylic acids is 1. The highest BCUT2D eigenvalue weighted by Gasteiger charge is 2.23. The Kier molecular flexibility index (Phi) is 5.19. The molecule has 0 fully saturated rings. The molecule has 0 saturated heterocycles. The lowest BCUT2D eigenvalue weighted by Crippen LogP contribution is -2.12. The van der Waals surface area contributed by atoms with Crippen molar-refractivity contribution >= 4 is 23.3 Å². The highest BCUT2D eigenvalue weighted by Crippen LogP contribution is 2.32. The zero-order chi connectivity index (χ0) is 18.7. The number of nitrogens with zero attached hydrogens (tertiary/aromatic N) is 1. The molecule has 3 aromatic rings. The van der Waals surface area contributed by atoms with Crippen LogP contribution < -0.4 is 5.73 Å². The van der Waals surface area contributed by atoms with Crippen LogP contribution in [-0.4, -0.2) is 11.0 Å². The molecule has 0 unspecified atom stereocenters. The van der Waals surface area contributed by atoms with Crippen LogP contribution in [0.5, 0.6) is 0 Å². The molecule has 0 amide bonds. The summed E-state index contributed by atoms with van der Waals surface area (Å²) >= 11 is 6.03. The van der Waals surface area contributed by atoms with Gasteiger partial charge >= 0.3 is 5.97 Å². The van der Waals surface area contributed by atoms with Crippen LogP contribution in [0.1, 0.15) is 21.6 Å². The van der Waals surface area contributed by atoms with Crippen molar-refractivity contribution in [3.63, 3.8) is 0 Å². The Labute approximate surface area is 155 Å². The predicted octanol–water partition coefficient (Wildman–Crippen LogP) is 4.79. The molecule has 0 aliphatic carbocycles. The molecule has 0 bridgehead atoms. The maximum absolute atomic E-state index is 14.5. The molecule has 0 atom stereocenters. The van der Waals surface area contributed by atoms with Crippen LogP contribution in [0.25, 0.3) is 11.3 Å². The summed E-state index contributed by atoms with van der Waals surface area (Å²) in [5.41, 5.74) is 7.47. The topological polar surface area (TPSA) is 65.2 Å². The van der Waals surface area contributed by atoms with Gasteiger partial charge in [-0.25, -0.2) is 14.2 Å².